The maximum absolute atomic E-state index is 12.0. The molecule has 0 aliphatic carbocycles. The van der Waals surface area contributed by atoms with Gasteiger partial charge in [0.25, 0.3) is 5.91 Å². The van der Waals surface area contributed by atoms with Gasteiger partial charge in [0, 0.05) is 11.3 Å². The van der Waals surface area contributed by atoms with E-state index < -0.39 is 17.9 Å². The largest absolute Gasteiger partial charge is 0.477 e. The van der Waals surface area contributed by atoms with Gasteiger partial charge >= 0.3 is 12.0 Å². The molecule has 0 unspecified atom stereocenters. The fraction of sp³-hybridized carbons (Fsp3) is 0. The number of carbonyl (C=O) groups excluding carboxylic acids is 2. The molecular weight excluding hydrogens is 294 g/mol. The summed E-state index contributed by atoms with van der Waals surface area (Å²) < 4.78 is 0. The first kappa shape index (κ1) is 14.5. The first-order valence-electron chi connectivity index (χ1n) is 5.76. The summed E-state index contributed by atoms with van der Waals surface area (Å²) in [4.78, 5) is 33.7. The van der Waals surface area contributed by atoms with E-state index in [0.717, 1.165) is 11.3 Å². The molecule has 0 radical (unpaired) electrons. The summed E-state index contributed by atoms with van der Waals surface area (Å²) in [7, 11) is 0. The molecule has 8 heteroatoms. The first-order chi connectivity index (χ1) is 9.97. The molecule has 0 bridgehead atoms. The lowest BCUT2D eigenvalue weighted by atomic mass is 10.2. The number of thiophene rings is 1. The fourth-order valence-electron chi connectivity index (χ4n) is 1.61. The van der Waals surface area contributed by atoms with Crippen molar-refractivity contribution >= 4 is 40.6 Å². The van der Waals surface area contributed by atoms with Gasteiger partial charge in [0.15, 0.2) is 0 Å². The first-order valence-corrected chi connectivity index (χ1v) is 6.64. The maximum atomic E-state index is 12.0. The van der Waals surface area contributed by atoms with Crippen LogP contribution in [0.1, 0.15) is 20.0 Å². The Labute approximate surface area is 123 Å². The highest BCUT2D eigenvalue weighted by Crippen LogP contribution is 2.23. The predicted molar refractivity (Wildman–Crippen MR) is 78.9 cm³/mol. The number of hydrogen-bond donors (Lipinski definition) is 4. The molecule has 0 atom stereocenters. The molecule has 0 saturated heterocycles. The SMILES string of the molecule is NC(=O)Nc1ccc(C(=O)Nc2ccsc2C(=O)O)cc1. The number of amides is 3. The van der Waals surface area contributed by atoms with Crippen LogP contribution in [0.3, 0.4) is 0 Å². The van der Waals surface area contributed by atoms with Gasteiger partial charge in [-0.2, -0.15) is 0 Å². The number of benzene rings is 1. The number of carboxylic acids is 1. The molecule has 0 aliphatic heterocycles. The van der Waals surface area contributed by atoms with Crippen molar-refractivity contribution in [3.63, 3.8) is 0 Å². The Balaban J connectivity index is 2.11. The summed E-state index contributed by atoms with van der Waals surface area (Å²) >= 11 is 1.03. The summed E-state index contributed by atoms with van der Waals surface area (Å²) in [6.07, 6.45) is 0. The van der Waals surface area contributed by atoms with Crippen molar-refractivity contribution in [3.05, 3.63) is 46.2 Å². The summed E-state index contributed by atoms with van der Waals surface area (Å²) in [5, 5.41) is 15.4. The number of carbonyl (C=O) groups is 3. The summed E-state index contributed by atoms with van der Waals surface area (Å²) in [5.74, 6) is -1.54. The van der Waals surface area contributed by atoms with Gasteiger partial charge in [0.05, 0.1) is 5.69 Å². The van der Waals surface area contributed by atoms with Gasteiger partial charge in [-0.15, -0.1) is 11.3 Å². The molecule has 0 spiro atoms. The van der Waals surface area contributed by atoms with Crippen molar-refractivity contribution in [2.45, 2.75) is 0 Å². The number of urea groups is 1. The minimum absolute atomic E-state index is 0.0652. The summed E-state index contributed by atoms with van der Waals surface area (Å²) in [5.41, 5.74) is 6.01. The second kappa shape index (κ2) is 6.06. The van der Waals surface area contributed by atoms with E-state index in [1.807, 2.05) is 0 Å². The van der Waals surface area contributed by atoms with Gasteiger partial charge in [-0.25, -0.2) is 9.59 Å². The number of rotatable bonds is 4. The maximum Gasteiger partial charge on any atom is 0.348 e. The van der Waals surface area contributed by atoms with Crippen molar-refractivity contribution < 1.29 is 19.5 Å². The zero-order chi connectivity index (χ0) is 15.4. The van der Waals surface area contributed by atoms with Crippen molar-refractivity contribution in [3.8, 4) is 0 Å². The Morgan fingerprint density at radius 3 is 2.29 bits per heavy atom. The second-order valence-corrected chi connectivity index (χ2v) is 4.91. The van der Waals surface area contributed by atoms with E-state index in [2.05, 4.69) is 10.6 Å². The number of carboxylic acid groups (broad SMARTS) is 1. The van der Waals surface area contributed by atoms with E-state index >= 15 is 0 Å². The van der Waals surface area contributed by atoms with E-state index in [-0.39, 0.29) is 10.6 Å². The molecule has 1 aromatic carbocycles. The van der Waals surface area contributed by atoms with Crippen molar-refractivity contribution in [1.82, 2.24) is 0 Å². The topological polar surface area (TPSA) is 122 Å². The highest BCUT2D eigenvalue weighted by Gasteiger charge is 2.14. The van der Waals surface area contributed by atoms with E-state index in [9.17, 15) is 14.4 Å². The second-order valence-electron chi connectivity index (χ2n) is 3.99. The van der Waals surface area contributed by atoms with Gasteiger partial charge in [-0.1, -0.05) is 0 Å². The van der Waals surface area contributed by atoms with Crippen LogP contribution in [0.4, 0.5) is 16.2 Å². The van der Waals surface area contributed by atoms with Crippen LogP contribution in [0.25, 0.3) is 0 Å². The average molecular weight is 305 g/mol. The van der Waals surface area contributed by atoms with E-state index in [4.69, 9.17) is 10.8 Å². The Morgan fingerprint density at radius 1 is 1.05 bits per heavy atom. The molecule has 0 aliphatic rings. The molecule has 1 aromatic heterocycles. The van der Waals surface area contributed by atoms with Gasteiger partial charge in [-0.3, -0.25) is 4.79 Å². The van der Waals surface area contributed by atoms with Crippen LogP contribution in [-0.4, -0.2) is 23.0 Å². The third-order valence-corrected chi connectivity index (χ3v) is 3.42. The highest BCUT2D eigenvalue weighted by atomic mass is 32.1. The molecular formula is C13H11N3O4S. The predicted octanol–water partition coefficient (Wildman–Crippen LogP) is 2.19. The Bertz CT molecular complexity index is 694. The molecule has 108 valence electrons. The van der Waals surface area contributed by atoms with Gasteiger partial charge in [-0.05, 0) is 35.7 Å². The Hall–Kier alpha value is -2.87. The highest BCUT2D eigenvalue weighted by molar-refractivity contribution is 7.12. The molecule has 0 saturated carbocycles. The standard InChI is InChI=1S/C13H11N3O4S/c14-13(20)15-8-3-1-7(2-4-8)11(17)16-9-5-6-21-10(9)12(18)19/h1-6H,(H,16,17)(H,18,19)(H3,14,15,20). The van der Waals surface area contributed by atoms with Crippen LogP contribution >= 0.6 is 11.3 Å². The quantitative estimate of drug-likeness (QED) is 0.691. The molecule has 7 nitrogen and oxygen atoms in total. The molecule has 3 amide bonds. The minimum atomic E-state index is -1.10. The van der Waals surface area contributed by atoms with Gasteiger partial charge in [0.1, 0.15) is 4.88 Å². The summed E-state index contributed by atoms with van der Waals surface area (Å²) in [6.45, 7) is 0. The minimum Gasteiger partial charge on any atom is -0.477 e. The van der Waals surface area contributed by atoms with Crippen molar-refractivity contribution in [2.24, 2.45) is 5.73 Å². The molecule has 1 heterocycles. The van der Waals surface area contributed by atoms with Crippen molar-refractivity contribution in [1.29, 1.82) is 0 Å². The third-order valence-electron chi connectivity index (χ3n) is 2.52. The fourth-order valence-corrected chi connectivity index (χ4v) is 2.30. The lowest BCUT2D eigenvalue weighted by molar-refractivity contribution is 0.0703. The normalized spacial score (nSPS) is 9.90. The molecule has 2 aromatic rings. The van der Waals surface area contributed by atoms with E-state index in [0.29, 0.717) is 11.3 Å². The number of nitrogens with two attached hydrogens (primary N) is 1. The van der Waals surface area contributed by atoms with Gasteiger partial charge < -0.3 is 21.5 Å². The molecule has 0 fully saturated rings. The van der Waals surface area contributed by atoms with Crippen LogP contribution in [0.5, 0.6) is 0 Å². The van der Waals surface area contributed by atoms with Crippen LogP contribution in [-0.2, 0) is 0 Å². The number of anilines is 2. The van der Waals surface area contributed by atoms with Crippen LogP contribution in [0.15, 0.2) is 35.7 Å². The zero-order valence-corrected chi connectivity index (χ0v) is 11.4. The van der Waals surface area contributed by atoms with E-state index in [1.165, 1.54) is 30.3 Å². The van der Waals surface area contributed by atoms with E-state index in [1.54, 1.807) is 5.38 Å². The third kappa shape index (κ3) is 3.57. The molecule has 21 heavy (non-hydrogen) atoms. The smallest absolute Gasteiger partial charge is 0.348 e. The van der Waals surface area contributed by atoms with Crippen LogP contribution in [0, 0.1) is 0 Å². The Kier molecular flexibility index (Phi) is 4.19. The number of aromatic carboxylic acids is 1. The summed E-state index contributed by atoms with van der Waals surface area (Å²) in [6, 6.07) is 6.85. The average Bonchev–Trinajstić information content (AvgIpc) is 2.87. The number of hydrogen-bond acceptors (Lipinski definition) is 4. The lowest BCUT2D eigenvalue weighted by Gasteiger charge is -2.06. The molecule has 2 rings (SSSR count). The zero-order valence-electron chi connectivity index (χ0n) is 10.6. The van der Waals surface area contributed by atoms with Crippen molar-refractivity contribution in [2.75, 3.05) is 10.6 Å². The van der Waals surface area contributed by atoms with Gasteiger partial charge in [0.2, 0.25) is 0 Å². The molecule has 5 N–H and O–H groups in total. The lowest BCUT2D eigenvalue weighted by Crippen LogP contribution is -2.19. The number of primary amides is 1. The Morgan fingerprint density at radius 2 is 1.71 bits per heavy atom. The van der Waals surface area contributed by atoms with Crippen LogP contribution in [0.2, 0.25) is 0 Å². The monoisotopic (exact) mass is 305 g/mol. The van der Waals surface area contributed by atoms with Crippen LogP contribution < -0.4 is 16.4 Å². The number of nitrogens with one attached hydrogen (secondary N) is 2.